The number of benzene rings is 1. The van der Waals surface area contributed by atoms with Crippen LogP contribution in [0.1, 0.15) is 43.0 Å². The molecule has 1 aromatic rings. The second-order valence-electron chi connectivity index (χ2n) is 6.72. The lowest BCUT2D eigenvalue weighted by molar-refractivity contribution is -0.703. The van der Waals surface area contributed by atoms with Crippen molar-refractivity contribution in [1.82, 2.24) is 0 Å². The highest BCUT2D eigenvalue weighted by molar-refractivity contribution is 5.90. The predicted octanol–water partition coefficient (Wildman–Crippen LogP) is 1.36. The molecule has 2 rings (SSSR count). The minimum absolute atomic E-state index is 0.186. The molecule has 1 aromatic carbocycles. The van der Waals surface area contributed by atoms with E-state index in [1.165, 1.54) is 39.9 Å². The fourth-order valence-electron chi connectivity index (χ4n) is 3.31. The molecule has 3 N–H and O–H groups in total. The van der Waals surface area contributed by atoms with Gasteiger partial charge in [0.25, 0.3) is 0 Å². The van der Waals surface area contributed by atoms with E-state index in [9.17, 15) is 9.90 Å². The van der Waals surface area contributed by atoms with Gasteiger partial charge in [-0.1, -0.05) is 13.3 Å². The summed E-state index contributed by atoms with van der Waals surface area (Å²) in [6, 6.07) is 5.44. The van der Waals surface area contributed by atoms with Gasteiger partial charge in [0, 0.05) is 5.92 Å². The summed E-state index contributed by atoms with van der Waals surface area (Å²) in [7, 11) is 2.84. The molecule has 1 saturated carbocycles. The third-order valence-corrected chi connectivity index (χ3v) is 4.90. The molecular formula is C19H30NO5+. The number of aliphatic hydroxyl groups is 1. The van der Waals surface area contributed by atoms with Crippen LogP contribution in [-0.4, -0.2) is 50.6 Å². The molecule has 0 amide bonds. The lowest BCUT2D eigenvalue weighted by atomic mass is 9.86. The number of nitrogens with two attached hydrogens (primary N) is 1. The molecule has 0 heterocycles. The summed E-state index contributed by atoms with van der Waals surface area (Å²) in [6.07, 6.45) is 4.54. The molecule has 0 saturated heterocycles. The standard InChI is InChI=1S/C19H29NO5/c1-13-6-4-5-7-16(13)20-11-15(21)12-25-17-9-8-14(19(22)24-3)10-18(17)23-2/h8-10,13,15-16,20-21H,4-7,11-12H2,1-3H3/p+1/t13-,15+,16+/m1/s1. The van der Waals surface area contributed by atoms with Crippen LogP contribution in [0.25, 0.3) is 0 Å². The van der Waals surface area contributed by atoms with Crippen molar-refractivity contribution < 1.29 is 29.4 Å². The maximum Gasteiger partial charge on any atom is 0.337 e. The van der Waals surface area contributed by atoms with Gasteiger partial charge >= 0.3 is 5.97 Å². The average Bonchev–Trinajstić information content (AvgIpc) is 2.64. The number of aliphatic hydroxyl groups excluding tert-OH is 1. The molecule has 0 bridgehead atoms. The summed E-state index contributed by atoms with van der Waals surface area (Å²) < 4.78 is 15.6. The summed E-state index contributed by atoms with van der Waals surface area (Å²) in [5.41, 5.74) is 0.395. The molecule has 1 fully saturated rings. The Kier molecular flexibility index (Phi) is 7.52. The maximum atomic E-state index is 11.6. The van der Waals surface area contributed by atoms with E-state index in [1.54, 1.807) is 18.2 Å². The monoisotopic (exact) mass is 352 g/mol. The molecule has 3 atom stereocenters. The van der Waals surface area contributed by atoms with E-state index in [2.05, 4.69) is 12.2 Å². The Morgan fingerprint density at radius 1 is 1.28 bits per heavy atom. The second kappa shape index (κ2) is 9.63. The molecule has 25 heavy (non-hydrogen) atoms. The van der Waals surface area contributed by atoms with E-state index < -0.39 is 12.1 Å². The Labute approximate surface area is 149 Å². The highest BCUT2D eigenvalue weighted by Crippen LogP contribution is 2.28. The summed E-state index contributed by atoms with van der Waals surface area (Å²) >= 11 is 0. The number of hydrogen-bond donors (Lipinski definition) is 2. The number of quaternary nitrogens is 1. The van der Waals surface area contributed by atoms with Crippen molar-refractivity contribution in [2.75, 3.05) is 27.4 Å². The first-order valence-corrected chi connectivity index (χ1v) is 8.95. The molecular weight excluding hydrogens is 322 g/mol. The van der Waals surface area contributed by atoms with Gasteiger partial charge in [-0.05, 0) is 37.5 Å². The fourth-order valence-corrected chi connectivity index (χ4v) is 3.31. The van der Waals surface area contributed by atoms with Gasteiger partial charge in [0.05, 0.1) is 25.8 Å². The number of carbonyl (C=O) groups is 1. The van der Waals surface area contributed by atoms with Crippen LogP contribution in [0.5, 0.6) is 11.5 Å². The van der Waals surface area contributed by atoms with E-state index in [1.807, 2.05) is 0 Å². The van der Waals surface area contributed by atoms with Gasteiger partial charge < -0.3 is 24.6 Å². The zero-order valence-corrected chi connectivity index (χ0v) is 15.4. The number of esters is 1. The number of rotatable bonds is 8. The van der Waals surface area contributed by atoms with Crippen LogP contribution >= 0.6 is 0 Å². The van der Waals surface area contributed by atoms with E-state index in [0.717, 1.165) is 0 Å². The van der Waals surface area contributed by atoms with Crippen LogP contribution in [0.4, 0.5) is 0 Å². The van der Waals surface area contributed by atoms with Gasteiger partial charge in [-0.3, -0.25) is 0 Å². The normalized spacial score (nSPS) is 21.4. The van der Waals surface area contributed by atoms with Gasteiger partial charge in [0.15, 0.2) is 11.5 Å². The maximum absolute atomic E-state index is 11.6. The van der Waals surface area contributed by atoms with Crippen LogP contribution in [0.15, 0.2) is 18.2 Å². The lowest BCUT2D eigenvalue weighted by Crippen LogP contribution is -2.93. The summed E-state index contributed by atoms with van der Waals surface area (Å²) in [5.74, 6) is 1.22. The summed E-state index contributed by atoms with van der Waals surface area (Å²) in [4.78, 5) is 11.6. The Morgan fingerprint density at radius 3 is 2.72 bits per heavy atom. The first-order chi connectivity index (χ1) is 12.0. The van der Waals surface area contributed by atoms with Crippen LogP contribution in [0, 0.1) is 5.92 Å². The van der Waals surface area contributed by atoms with Crippen molar-refractivity contribution in [1.29, 1.82) is 0 Å². The van der Waals surface area contributed by atoms with Crippen molar-refractivity contribution in [3.8, 4) is 11.5 Å². The third kappa shape index (κ3) is 5.61. The quantitative estimate of drug-likeness (QED) is 0.691. The highest BCUT2D eigenvalue weighted by atomic mass is 16.5. The largest absolute Gasteiger partial charge is 0.493 e. The minimum Gasteiger partial charge on any atom is -0.493 e. The van der Waals surface area contributed by atoms with E-state index in [4.69, 9.17) is 14.2 Å². The highest BCUT2D eigenvalue weighted by Gasteiger charge is 2.25. The van der Waals surface area contributed by atoms with E-state index in [-0.39, 0.29) is 6.61 Å². The molecule has 6 nitrogen and oxygen atoms in total. The molecule has 140 valence electrons. The molecule has 1 aliphatic carbocycles. The molecule has 0 radical (unpaired) electrons. The van der Waals surface area contributed by atoms with Gasteiger partial charge in [-0.15, -0.1) is 0 Å². The zero-order chi connectivity index (χ0) is 18.2. The van der Waals surface area contributed by atoms with Crippen LogP contribution in [0.2, 0.25) is 0 Å². The third-order valence-electron chi connectivity index (χ3n) is 4.90. The van der Waals surface area contributed by atoms with Crippen LogP contribution in [-0.2, 0) is 4.74 Å². The lowest BCUT2D eigenvalue weighted by Gasteiger charge is -2.27. The number of hydrogen-bond acceptors (Lipinski definition) is 5. The molecule has 0 aliphatic heterocycles. The van der Waals surface area contributed by atoms with E-state index >= 15 is 0 Å². The van der Waals surface area contributed by atoms with Gasteiger partial charge in [0.1, 0.15) is 19.3 Å². The average molecular weight is 352 g/mol. The molecule has 0 unspecified atom stereocenters. The van der Waals surface area contributed by atoms with Gasteiger partial charge in [-0.25, -0.2) is 4.79 Å². The second-order valence-corrected chi connectivity index (χ2v) is 6.72. The minimum atomic E-state index is -0.556. The first kappa shape index (κ1) is 19.5. The topological polar surface area (TPSA) is 81.6 Å². The predicted molar refractivity (Wildman–Crippen MR) is 94.0 cm³/mol. The molecule has 0 spiro atoms. The Bertz CT molecular complexity index is 563. The summed E-state index contributed by atoms with van der Waals surface area (Å²) in [6.45, 7) is 3.10. The van der Waals surface area contributed by atoms with Crippen molar-refractivity contribution >= 4 is 5.97 Å². The Balaban J connectivity index is 1.84. The number of methoxy groups -OCH3 is 2. The molecule has 0 aromatic heterocycles. The van der Waals surface area contributed by atoms with Crippen LogP contribution < -0.4 is 14.8 Å². The Morgan fingerprint density at radius 2 is 2.04 bits per heavy atom. The SMILES string of the molecule is COC(=O)c1ccc(OC[C@@H](O)C[NH2+][C@H]2CCCC[C@H]2C)c(OC)c1. The van der Waals surface area contributed by atoms with Gasteiger partial charge in [-0.2, -0.15) is 0 Å². The fraction of sp³-hybridized carbons (Fsp3) is 0.632. The van der Waals surface area contributed by atoms with Crippen molar-refractivity contribution in [2.45, 2.75) is 44.8 Å². The smallest absolute Gasteiger partial charge is 0.337 e. The number of ether oxygens (including phenoxy) is 3. The van der Waals surface area contributed by atoms with Gasteiger partial charge in [0.2, 0.25) is 0 Å². The van der Waals surface area contributed by atoms with Crippen molar-refractivity contribution in [3.05, 3.63) is 23.8 Å². The molecule has 1 aliphatic rings. The van der Waals surface area contributed by atoms with Crippen molar-refractivity contribution in [2.24, 2.45) is 5.92 Å². The number of carbonyl (C=O) groups excluding carboxylic acids is 1. The zero-order valence-electron chi connectivity index (χ0n) is 15.4. The Hall–Kier alpha value is -1.79. The first-order valence-electron chi connectivity index (χ1n) is 8.95. The van der Waals surface area contributed by atoms with Crippen molar-refractivity contribution in [3.63, 3.8) is 0 Å². The van der Waals surface area contributed by atoms with Crippen LogP contribution in [0.3, 0.4) is 0 Å². The summed E-state index contributed by atoms with van der Waals surface area (Å²) in [5, 5.41) is 12.4. The molecule has 6 heteroatoms. The van der Waals surface area contributed by atoms with E-state index in [0.29, 0.717) is 35.6 Å².